The van der Waals surface area contributed by atoms with Gasteiger partial charge in [-0.1, -0.05) is 48.6 Å². The molecule has 1 aliphatic heterocycles. The Morgan fingerprint density at radius 3 is 2.55 bits per heavy atom. The quantitative estimate of drug-likeness (QED) is 0.736. The fourth-order valence-electron chi connectivity index (χ4n) is 2.74. The Bertz CT molecular complexity index is 698. The lowest BCUT2D eigenvalue weighted by molar-refractivity contribution is 0.289. The van der Waals surface area contributed by atoms with E-state index in [2.05, 4.69) is 66.4 Å². The molecule has 0 spiro atoms. The minimum atomic E-state index is 0.599. The van der Waals surface area contributed by atoms with Crippen LogP contribution in [0, 0.1) is 0 Å². The molecule has 2 aromatic carbocycles. The highest BCUT2D eigenvalue weighted by Crippen LogP contribution is 2.28. The molecule has 2 nitrogen and oxygen atoms in total. The summed E-state index contributed by atoms with van der Waals surface area (Å²) in [5.74, 6) is 1.000. The summed E-state index contributed by atoms with van der Waals surface area (Å²) in [6.45, 7) is 5.60. The number of hydrogen-bond acceptors (Lipinski definition) is 2. The minimum Gasteiger partial charge on any atom is -0.473 e. The van der Waals surface area contributed by atoms with Crippen LogP contribution in [0.15, 0.2) is 66.8 Å². The van der Waals surface area contributed by atoms with Crippen molar-refractivity contribution in [2.24, 2.45) is 0 Å². The maximum absolute atomic E-state index is 5.83. The SMILES string of the molecule is C/C=C\C(=C/C)c1ccc(N2COc3ccccc3C2)cc1. The highest BCUT2D eigenvalue weighted by atomic mass is 16.5. The first-order valence-corrected chi connectivity index (χ1v) is 7.67. The third-order valence-corrected chi connectivity index (χ3v) is 3.93. The van der Waals surface area contributed by atoms with E-state index in [9.17, 15) is 0 Å². The second-order valence-corrected chi connectivity index (χ2v) is 5.37. The van der Waals surface area contributed by atoms with Gasteiger partial charge in [0.25, 0.3) is 0 Å². The average molecular weight is 291 g/mol. The summed E-state index contributed by atoms with van der Waals surface area (Å²) in [6.07, 6.45) is 6.34. The molecule has 0 fully saturated rings. The van der Waals surface area contributed by atoms with E-state index in [1.165, 1.54) is 22.4 Å². The van der Waals surface area contributed by atoms with Crippen LogP contribution in [-0.2, 0) is 6.54 Å². The molecule has 1 heterocycles. The normalized spacial score (nSPS) is 14.8. The zero-order valence-electron chi connectivity index (χ0n) is 13.1. The van der Waals surface area contributed by atoms with Crippen molar-refractivity contribution >= 4 is 11.3 Å². The van der Waals surface area contributed by atoms with Gasteiger partial charge in [-0.3, -0.25) is 0 Å². The van der Waals surface area contributed by atoms with Gasteiger partial charge in [0, 0.05) is 17.8 Å². The monoisotopic (exact) mass is 291 g/mol. The first-order chi connectivity index (χ1) is 10.8. The zero-order valence-corrected chi connectivity index (χ0v) is 13.1. The Balaban J connectivity index is 1.80. The van der Waals surface area contributed by atoms with Crippen molar-refractivity contribution in [1.82, 2.24) is 0 Å². The van der Waals surface area contributed by atoms with Gasteiger partial charge in [-0.25, -0.2) is 0 Å². The van der Waals surface area contributed by atoms with Crippen LogP contribution in [0.2, 0.25) is 0 Å². The van der Waals surface area contributed by atoms with Gasteiger partial charge in [0.15, 0.2) is 6.73 Å². The molecule has 0 saturated heterocycles. The third-order valence-electron chi connectivity index (χ3n) is 3.93. The summed E-state index contributed by atoms with van der Waals surface area (Å²) in [5.41, 5.74) is 4.91. The lowest BCUT2D eigenvalue weighted by Crippen LogP contribution is -2.31. The van der Waals surface area contributed by atoms with Crippen molar-refractivity contribution in [2.45, 2.75) is 20.4 Å². The summed E-state index contributed by atoms with van der Waals surface area (Å²) in [5, 5.41) is 0. The van der Waals surface area contributed by atoms with E-state index in [1.807, 2.05) is 19.1 Å². The molecular formula is C20H21NO. The summed E-state index contributed by atoms with van der Waals surface area (Å²) in [4.78, 5) is 2.25. The number of rotatable bonds is 3. The maximum atomic E-state index is 5.83. The van der Waals surface area contributed by atoms with Crippen LogP contribution in [0.1, 0.15) is 25.0 Å². The molecule has 2 heteroatoms. The van der Waals surface area contributed by atoms with Gasteiger partial charge in [-0.15, -0.1) is 0 Å². The van der Waals surface area contributed by atoms with Crippen molar-refractivity contribution in [2.75, 3.05) is 11.6 Å². The summed E-state index contributed by atoms with van der Waals surface area (Å²) in [6, 6.07) is 16.9. The number of fused-ring (bicyclic) bond motifs is 1. The minimum absolute atomic E-state index is 0.599. The number of allylic oxidation sites excluding steroid dienone is 4. The highest BCUT2D eigenvalue weighted by molar-refractivity contribution is 5.74. The topological polar surface area (TPSA) is 12.5 Å². The molecule has 3 rings (SSSR count). The van der Waals surface area contributed by atoms with E-state index in [4.69, 9.17) is 4.74 Å². The summed E-state index contributed by atoms with van der Waals surface area (Å²) >= 11 is 0. The molecule has 2 aromatic rings. The molecule has 0 N–H and O–H groups in total. The largest absolute Gasteiger partial charge is 0.473 e. The first-order valence-electron chi connectivity index (χ1n) is 7.67. The Kier molecular flexibility index (Phi) is 4.29. The van der Waals surface area contributed by atoms with Crippen LogP contribution >= 0.6 is 0 Å². The number of ether oxygens (including phenoxy) is 1. The second kappa shape index (κ2) is 6.52. The molecule has 112 valence electrons. The molecule has 0 bridgehead atoms. The van der Waals surface area contributed by atoms with Crippen LogP contribution in [0.3, 0.4) is 0 Å². The van der Waals surface area contributed by atoms with E-state index in [1.54, 1.807) is 0 Å². The Morgan fingerprint density at radius 2 is 1.82 bits per heavy atom. The first kappa shape index (κ1) is 14.5. The van der Waals surface area contributed by atoms with Crippen LogP contribution < -0.4 is 9.64 Å². The van der Waals surface area contributed by atoms with Gasteiger partial charge in [0.05, 0.1) is 0 Å². The Hall–Kier alpha value is -2.48. The molecular weight excluding hydrogens is 270 g/mol. The van der Waals surface area contributed by atoms with Gasteiger partial charge in [0.1, 0.15) is 5.75 Å². The fraction of sp³-hybridized carbons (Fsp3) is 0.200. The standard InChI is InChI=1S/C20H21NO/c1-3-7-16(4-2)17-10-12-19(13-11-17)21-14-18-8-5-6-9-20(18)22-15-21/h3-13H,14-15H2,1-2H3/b7-3-,16-4+. The molecule has 0 amide bonds. The molecule has 0 aliphatic carbocycles. The lowest BCUT2D eigenvalue weighted by atomic mass is 10.0. The highest BCUT2D eigenvalue weighted by Gasteiger charge is 2.16. The molecule has 0 unspecified atom stereocenters. The van der Waals surface area contributed by atoms with Crippen LogP contribution in [0.4, 0.5) is 5.69 Å². The van der Waals surface area contributed by atoms with Crippen molar-refractivity contribution in [3.63, 3.8) is 0 Å². The fourth-order valence-corrected chi connectivity index (χ4v) is 2.74. The van der Waals surface area contributed by atoms with E-state index in [0.29, 0.717) is 6.73 Å². The van der Waals surface area contributed by atoms with Crippen molar-refractivity contribution in [3.05, 3.63) is 77.9 Å². The van der Waals surface area contributed by atoms with Crippen LogP contribution in [0.25, 0.3) is 5.57 Å². The van der Waals surface area contributed by atoms with Gasteiger partial charge >= 0.3 is 0 Å². The van der Waals surface area contributed by atoms with Crippen LogP contribution in [-0.4, -0.2) is 6.73 Å². The van der Waals surface area contributed by atoms with Crippen molar-refractivity contribution < 1.29 is 4.74 Å². The average Bonchev–Trinajstić information content (AvgIpc) is 2.59. The zero-order chi connectivity index (χ0) is 15.4. The summed E-state index contributed by atoms with van der Waals surface area (Å²) < 4.78 is 5.83. The predicted octanol–water partition coefficient (Wildman–Crippen LogP) is 5.02. The van der Waals surface area contributed by atoms with E-state index >= 15 is 0 Å². The maximum Gasteiger partial charge on any atom is 0.161 e. The molecule has 1 aliphatic rings. The van der Waals surface area contributed by atoms with Gasteiger partial charge in [0.2, 0.25) is 0 Å². The van der Waals surface area contributed by atoms with Gasteiger partial charge in [-0.2, -0.15) is 0 Å². The number of hydrogen-bond donors (Lipinski definition) is 0. The van der Waals surface area contributed by atoms with E-state index < -0.39 is 0 Å². The number of para-hydroxylation sites is 1. The Labute approximate surface area is 132 Å². The third kappa shape index (κ3) is 2.91. The van der Waals surface area contributed by atoms with Crippen LogP contribution in [0.5, 0.6) is 5.75 Å². The van der Waals surface area contributed by atoms with Gasteiger partial charge in [-0.05, 0) is 43.2 Å². The second-order valence-electron chi connectivity index (χ2n) is 5.37. The smallest absolute Gasteiger partial charge is 0.161 e. The Morgan fingerprint density at radius 1 is 1.05 bits per heavy atom. The van der Waals surface area contributed by atoms with Gasteiger partial charge < -0.3 is 9.64 Å². The summed E-state index contributed by atoms with van der Waals surface area (Å²) in [7, 11) is 0. The molecule has 0 saturated carbocycles. The van der Waals surface area contributed by atoms with Crippen molar-refractivity contribution in [1.29, 1.82) is 0 Å². The van der Waals surface area contributed by atoms with E-state index in [-0.39, 0.29) is 0 Å². The van der Waals surface area contributed by atoms with Crippen molar-refractivity contribution in [3.8, 4) is 5.75 Å². The lowest BCUT2D eigenvalue weighted by Gasteiger charge is -2.30. The molecule has 0 atom stereocenters. The molecule has 0 radical (unpaired) electrons. The number of benzene rings is 2. The number of anilines is 1. The van der Waals surface area contributed by atoms with E-state index in [0.717, 1.165) is 12.3 Å². The predicted molar refractivity (Wildman–Crippen MR) is 93.0 cm³/mol. The number of nitrogens with zero attached hydrogens (tertiary/aromatic N) is 1. The molecule has 0 aromatic heterocycles. The molecule has 22 heavy (non-hydrogen) atoms.